The molecule has 176 valence electrons. The Kier molecular flexibility index (Phi) is 7.16. The molecule has 0 aliphatic carbocycles. The van der Waals surface area contributed by atoms with E-state index < -0.39 is 24.2 Å². The first kappa shape index (κ1) is 24.4. The van der Waals surface area contributed by atoms with Gasteiger partial charge in [-0.05, 0) is 54.8 Å². The number of hydrogen-bond acceptors (Lipinski definition) is 5. The quantitative estimate of drug-likeness (QED) is 0.454. The smallest absolute Gasteiger partial charge is 0.422 e. The van der Waals surface area contributed by atoms with Crippen LogP contribution in [-0.2, 0) is 6.54 Å². The Morgan fingerprint density at radius 2 is 1.85 bits per heavy atom. The largest absolute Gasteiger partial charge is 0.490 e. The predicted octanol–water partition coefficient (Wildman–Crippen LogP) is 5.39. The molecule has 0 saturated heterocycles. The van der Waals surface area contributed by atoms with Crippen LogP contribution in [0.1, 0.15) is 16.7 Å². The van der Waals surface area contributed by atoms with Crippen LogP contribution in [0.15, 0.2) is 41.3 Å². The Labute approximate surface area is 191 Å². The van der Waals surface area contributed by atoms with Gasteiger partial charge in [0, 0.05) is 5.69 Å². The Morgan fingerprint density at radius 3 is 2.48 bits per heavy atom. The molecule has 0 atom stereocenters. The van der Waals surface area contributed by atoms with Crippen molar-refractivity contribution < 1.29 is 27.0 Å². The zero-order valence-corrected chi connectivity index (χ0v) is 18.6. The van der Waals surface area contributed by atoms with Crippen molar-refractivity contribution in [3.63, 3.8) is 0 Å². The lowest BCUT2D eigenvalue weighted by molar-refractivity contribution is -0.153. The van der Waals surface area contributed by atoms with E-state index in [9.17, 15) is 22.4 Å². The van der Waals surface area contributed by atoms with E-state index in [1.807, 2.05) is 0 Å². The molecule has 0 unspecified atom stereocenters. The van der Waals surface area contributed by atoms with Gasteiger partial charge in [-0.2, -0.15) is 18.2 Å². The average molecular weight is 486 g/mol. The highest BCUT2D eigenvalue weighted by molar-refractivity contribution is 6.30. The van der Waals surface area contributed by atoms with Crippen molar-refractivity contribution in [2.75, 3.05) is 19.0 Å². The molecular formula is C22H20ClF4N3O3. The summed E-state index contributed by atoms with van der Waals surface area (Å²) in [4.78, 5) is 16.3. The van der Waals surface area contributed by atoms with Gasteiger partial charge in [0.2, 0.25) is 11.7 Å². The van der Waals surface area contributed by atoms with Crippen molar-refractivity contribution >= 4 is 23.2 Å². The average Bonchev–Trinajstić information content (AvgIpc) is 2.73. The second-order valence-corrected chi connectivity index (χ2v) is 7.68. The number of aryl methyl sites for hydroxylation is 2. The molecule has 2 aromatic carbocycles. The number of methoxy groups -OCH3 is 1. The molecule has 0 bridgehead atoms. The number of halogens is 5. The molecule has 1 N–H and O–H groups in total. The first-order chi connectivity index (χ1) is 15.5. The fourth-order valence-corrected chi connectivity index (χ4v) is 3.23. The van der Waals surface area contributed by atoms with Crippen LogP contribution in [0.25, 0.3) is 0 Å². The van der Waals surface area contributed by atoms with E-state index in [0.29, 0.717) is 22.4 Å². The second kappa shape index (κ2) is 9.70. The van der Waals surface area contributed by atoms with Crippen LogP contribution < -0.4 is 20.3 Å². The summed E-state index contributed by atoms with van der Waals surface area (Å²) in [5.41, 5.74) is 1.56. The standard InChI is InChI=1S/C22H20ClF4N3O3/c1-12-7-18(33-11-22(25,26)27)13(2)6-17(12)28-21-29-20(31)19(32-3)10-30(21)9-14-4-5-16(24)15(23)8-14/h4-8,10H,9,11H2,1-3H3,(H,28,29,31). The molecule has 0 spiro atoms. The predicted molar refractivity (Wildman–Crippen MR) is 116 cm³/mol. The first-order valence-corrected chi connectivity index (χ1v) is 10.0. The molecule has 1 aromatic heterocycles. The lowest BCUT2D eigenvalue weighted by Gasteiger charge is -2.18. The van der Waals surface area contributed by atoms with Crippen molar-refractivity contribution in [2.24, 2.45) is 0 Å². The molecule has 0 saturated carbocycles. The van der Waals surface area contributed by atoms with Crippen LogP contribution in [0.5, 0.6) is 11.5 Å². The number of hydrogen-bond donors (Lipinski definition) is 1. The molecule has 33 heavy (non-hydrogen) atoms. The molecule has 0 aliphatic rings. The molecular weight excluding hydrogens is 466 g/mol. The fourth-order valence-electron chi connectivity index (χ4n) is 3.03. The monoisotopic (exact) mass is 485 g/mol. The number of benzene rings is 2. The lowest BCUT2D eigenvalue weighted by atomic mass is 10.1. The minimum Gasteiger partial charge on any atom is -0.490 e. The van der Waals surface area contributed by atoms with Gasteiger partial charge in [-0.15, -0.1) is 0 Å². The topological polar surface area (TPSA) is 65.4 Å². The van der Waals surface area contributed by atoms with Crippen LogP contribution in [0, 0.1) is 19.7 Å². The molecule has 0 aliphatic heterocycles. The maximum atomic E-state index is 13.5. The number of nitrogens with zero attached hydrogens (tertiary/aromatic N) is 2. The summed E-state index contributed by atoms with van der Waals surface area (Å²) in [7, 11) is 1.33. The summed E-state index contributed by atoms with van der Waals surface area (Å²) in [6, 6.07) is 7.28. The number of alkyl halides is 3. The number of ether oxygens (including phenoxy) is 2. The van der Waals surface area contributed by atoms with Gasteiger partial charge in [-0.3, -0.25) is 4.79 Å². The van der Waals surface area contributed by atoms with Crippen LogP contribution >= 0.6 is 11.6 Å². The van der Waals surface area contributed by atoms with Gasteiger partial charge in [0.05, 0.1) is 24.9 Å². The van der Waals surface area contributed by atoms with Crippen molar-refractivity contribution in [1.82, 2.24) is 9.55 Å². The molecule has 11 heteroatoms. The molecule has 6 nitrogen and oxygen atoms in total. The summed E-state index contributed by atoms with van der Waals surface area (Å²) in [6.07, 6.45) is -3.01. The maximum absolute atomic E-state index is 13.5. The van der Waals surface area contributed by atoms with E-state index in [4.69, 9.17) is 21.1 Å². The molecule has 3 aromatic rings. The minimum absolute atomic E-state index is 0.00226. The summed E-state index contributed by atoms with van der Waals surface area (Å²) in [6.45, 7) is 2.05. The van der Waals surface area contributed by atoms with Gasteiger partial charge < -0.3 is 19.4 Å². The number of nitrogens with one attached hydrogen (secondary N) is 1. The fraction of sp³-hybridized carbons (Fsp3) is 0.273. The molecule has 0 radical (unpaired) electrons. The third-order valence-corrected chi connectivity index (χ3v) is 4.97. The molecule has 0 fully saturated rings. The van der Waals surface area contributed by atoms with Gasteiger partial charge in [0.1, 0.15) is 11.6 Å². The third-order valence-electron chi connectivity index (χ3n) is 4.68. The lowest BCUT2D eigenvalue weighted by Crippen LogP contribution is -2.20. The normalized spacial score (nSPS) is 11.4. The van der Waals surface area contributed by atoms with E-state index in [0.717, 1.165) is 0 Å². The number of anilines is 2. The summed E-state index contributed by atoms with van der Waals surface area (Å²) in [5, 5.41) is 2.98. The third kappa shape index (κ3) is 6.16. The highest BCUT2D eigenvalue weighted by atomic mass is 35.5. The van der Waals surface area contributed by atoms with Gasteiger partial charge >= 0.3 is 11.7 Å². The van der Waals surface area contributed by atoms with Crippen molar-refractivity contribution in [3.8, 4) is 11.5 Å². The maximum Gasteiger partial charge on any atom is 0.422 e. The number of rotatable bonds is 7. The first-order valence-electron chi connectivity index (χ1n) is 9.64. The van der Waals surface area contributed by atoms with E-state index >= 15 is 0 Å². The van der Waals surface area contributed by atoms with Gasteiger partial charge in [-0.1, -0.05) is 17.7 Å². The summed E-state index contributed by atoms with van der Waals surface area (Å²) in [5.74, 6) is -0.324. The van der Waals surface area contributed by atoms with Crippen molar-refractivity contribution in [1.29, 1.82) is 0 Å². The molecule has 0 amide bonds. The second-order valence-electron chi connectivity index (χ2n) is 7.28. The Balaban J connectivity index is 1.95. The molecule has 3 rings (SSSR count). The van der Waals surface area contributed by atoms with Gasteiger partial charge in [0.25, 0.3) is 0 Å². The summed E-state index contributed by atoms with van der Waals surface area (Å²) < 4.78 is 62.5. The van der Waals surface area contributed by atoms with Gasteiger partial charge in [0.15, 0.2) is 6.61 Å². The zero-order chi connectivity index (χ0) is 24.3. The van der Waals surface area contributed by atoms with E-state index in [1.165, 1.54) is 37.6 Å². The Bertz CT molecular complexity index is 1230. The van der Waals surface area contributed by atoms with E-state index in [1.54, 1.807) is 24.5 Å². The Hall–Kier alpha value is -3.27. The highest BCUT2D eigenvalue weighted by Crippen LogP contribution is 2.30. The van der Waals surface area contributed by atoms with E-state index in [2.05, 4.69) is 10.3 Å². The van der Waals surface area contributed by atoms with Crippen LogP contribution in [0.4, 0.5) is 29.2 Å². The molecule has 1 heterocycles. The van der Waals surface area contributed by atoms with Crippen LogP contribution in [-0.4, -0.2) is 29.4 Å². The van der Waals surface area contributed by atoms with Crippen LogP contribution in [0.2, 0.25) is 5.02 Å². The summed E-state index contributed by atoms with van der Waals surface area (Å²) >= 11 is 5.87. The van der Waals surface area contributed by atoms with Gasteiger partial charge in [-0.25, -0.2) is 4.39 Å². The van der Waals surface area contributed by atoms with Crippen molar-refractivity contribution in [2.45, 2.75) is 26.6 Å². The Morgan fingerprint density at radius 1 is 1.12 bits per heavy atom. The zero-order valence-electron chi connectivity index (χ0n) is 17.9. The number of aromatic nitrogens is 2. The van der Waals surface area contributed by atoms with E-state index in [-0.39, 0.29) is 29.0 Å². The minimum atomic E-state index is -4.45. The highest BCUT2D eigenvalue weighted by Gasteiger charge is 2.28. The SMILES string of the molecule is COc1cn(Cc2ccc(F)c(Cl)c2)c(Nc2cc(C)c(OCC(F)(F)F)cc2C)nc1=O. The van der Waals surface area contributed by atoms with Crippen LogP contribution in [0.3, 0.4) is 0 Å². The van der Waals surface area contributed by atoms with Crippen molar-refractivity contribution in [3.05, 3.63) is 74.4 Å².